The minimum absolute atomic E-state index is 0.0973. The summed E-state index contributed by atoms with van der Waals surface area (Å²) in [6, 6.07) is 5.57. The van der Waals surface area contributed by atoms with Gasteiger partial charge in [-0.25, -0.2) is 4.39 Å². The molecule has 3 rings (SSSR count). The third-order valence-corrected chi connectivity index (χ3v) is 4.19. The molecular weight excluding hydrogens is 311 g/mol. The molecule has 0 aliphatic carbocycles. The molecule has 0 radical (unpaired) electrons. The van der Waals surface area contributed by atoms with Gasteiger partial charge in [0.05, 0.1) is 12.6 Å². The first-order valence-electron chi connectivity index (χ1n) is 7.86. The van der Waals surface area contributed by atoms with Gasteiger partial charge in [0, 0.05) is 24.4 Å². The molecule has 1 aromatic heterocycles. The number of hydrogen-bond acceptors (Lipinski definition) is 3. The van der Waals surface area contributed by atoms with Crippen molar-refractivity contribution in [3.8, 4) is 5.75 Å². The van der Waals surface area contributed by atoms with E-state index in [0.29, 0.717) is 35.6 Å². The smallest absolute Gasteiger partial charge is 0.268 e. The van der Waals surface area contributed by atoms with Crippen LogP contribution in [0.15, 0.2) is 30.5 Å². The number of ether oxygens (including phenoxy) is 1. The van der Waals surface area contributed by atoms with Crippen LogP contribution >= 0.6 is 0 Å². The summed E-state index contributed by atoms with van der Waals surface area (Å²) < 4.78 is 20.8. The predicted octanol–water partition coefficient (Wildman–Crippen LogP) is 3.01. The van der Waals surface area contributed by atoms with Crippen LogP contribution in [-0.2, 0) is 7.05 Å². The maximum atomic E-state index is 13.6. The van der Waals surface area contributed by atoms with Gasteiger partial charge in [-0.05, 0) is 44.0 Å². The number of carbonyl (C=O) groups excluding carboxylic acids is 2. The van der Waals surface area contributed by atoms with Crippen molar-refractivity contribution in [1.29, 1.82) is 0 Å². The highest BCUT2D eigenvalue weighted by Gasteiger charge is 2.24. The maximum absolute atomic E-state index is 13.6. The summed E-state index contributed by atoms with van der Waals surface area (Å²) in [6.07, 6.45) is 3.04. The molecule has 24 heavy (non-hydrogen) atoms. The molecule has 1 atom stereocenters. The molecule has 2 aromatic rings. The third-order valence-electron chi connectivity index (χ3n) is 4.19. The molecule has 1 N–H and O–H groups in total. The lowest BCUT2D eigenvalue weighted by molar-refractivity contribution is 0.0926. The number of fused-ring (bicyclic) bond motifs is 1. The van der Waals surface area contributed by atoms with Gasteiger partial charge in [-0.1, -0.05) is 0 Å². The zero-order chi connectivity index (χ0) is 17.3. The highest BCUT2D eigenvalue weighted by molar-refractivity contribution is 5.99. The number of halogens is 1. The molecule has 0 bridgehead atoms. The highest BCUT2D eigenvalue weighted by atomic mass is 19.1. The zero-order valence-electron chi connectivity index (χ0n) is 13.6. The minimum Gasteiger partial charge on any atom is -0.493 e. The first-order valence-corrected chi connectivity index (χ1v) is 7.86. The third kappa shape index (κ3) is 3.18. The van der Waals surface area contributed by atoms with E-state index in [1.165, 1.54) is 19.1 Å². The molecule has 0 saturated heterocycles. The molecule has 0 saturated carbocycles. The van der Waals surface area contributed by atoms with E-state index in [9.17, 15) is 14.0 Å². The standard InChI is InChI=1S/C18H19FN2O3/c1-11(22)12-8-16(21(2)10-12)18(23)20-15-4-3-7-24-17-6-5-13(19)9-14(15)17/h5-6,8-10,15H,3-4,7H2,1-2H3,(H,20,23)/t15-/m1/s1. The maximum Gasteiger partial charge on any atom is 0.268 e. The van der Waals surface area contributed by atoms with Gasteiger partial charge < -0.3 is 14.6 Å². The quantitative estimate of drug-likeness (QED) is 0.880. The summed E-state index contributed by atoms with van der Waals surface area (Å²) in [6.45, 7) is 1.99. The van der Waals surface area contributed by atoms with E-state index >= 15 is 0 Å². The number of nitrogens with zero attached hydrogens (tertiary/aromatic N) is 1. The fourth-order valence-corrected chi connectivity index (χ4v) is 2.91. The fourth-order valence-electron chi connectivity index (χ4n) is 2.91. The fraction of sp³-hybridized carbons (Fsp3) is 0.333. The van der Waals surface area contributed by atoms with Crippen molar-refractivity contribution in [2.24, 2.45) is 7.05 Å². The van der Waals surface area contributed by atoms with Crippen molar-refractivity contribution in [2.75, 3.05) is 6.61 Å². The van der Waals surface area contributed by atoms with E-state index in [1.54, 1.807) is 29.9 Å². The Kier molecular flexibility index (Phi) is 4.38. The highest BCUT2D eigenvalue weighted by Crippen LogP contribution is 2.32. The van der Waals surface area contributed by atoms with Crippen LogP contribution in [0, 0.1) is 5.82 Å². The van der Waals surface area contributed by atoms with Crippen molar-refractivity contribution in [3.05, 3.63) is 53.1 Å². The molecule has 0 unspecified atom stereocenters. The lowest BCUT2D eigenvalue weighted by atomic mass is 10.0. The Labute approximate surface area is 139 Å². The van der Waals surface area contributed by atoms with Gasteiger partial charge in [-0.2, -0.15) is 0 Å². The molecular formula is C18H19FN2O3. The largest absolute Gasteiger partial charge is 0.493 e. The van der Waals surface area contributed by atoms with Gasteiger partial charge in [0.2, 0.25) is 0 Å². The number of aromatic nitrogens is 1. The zero-order valence-corrected chi connectivity index (χ0v) is 13.6. The van der Waals surface area contributed by atoms with Crippen LogP contribution in [0.2, 0.25) is 0 Å². The predicted molar refractivity (Wildman–Crippen MR) is 86.8 cm³/mol. The van der Waals surface area contributed by atoms with E-state index in [0.717, 1.165) is 6.42 Å². The Morgan fingerprint density at radius 3 is 2.83 bits per heavy atom. The molecule has 1 aliphatic rings. The Hall–Kier alpha value is -2.63. The molecule has 6 heteroatoms. The van der Waals surface area contributed by atoms with E-state index in [4.69, 9.17) is 4.74 Å². The second-order valence-electron chi connectivity index (χ2n) is 5.98. The number of aryl methyl sites for hydroxylation is 1. The van der Waals surface area contributed by atoms with Crippen molar-refractivity contribution in [3.63, 3.8) is 0 Å². The van der Waals surface area contributed by atoms with E-state index < -0.39 is 0 Å². The second kappa shape index (κ2) is 6.47. The first kappa shape index (κ1) is 16.2. The lowest BCUT2D eigenvalue weighted by Crippen LogP contribution is -2.29. The number of nitrogens with one attached hydrogen (secondary N) is 1. The topological polar surface area (TPSA) is 60.3 Å². The number of rotatable bonds is 3. The van der Waals surface area contributed by atoms with Crippen molar-refractivity contribution < 1.29 is 18.7 Å². The Balaban J connectivity index is 1.87. The molecule has 126 valence electrons. The summed E-state index contributed by atoms with van der Waals surface area (Å²) in [7, 11) is 1.71. The Bertz CT molecular complexity index is 798. The SMILES string of the molecule is CC(=O)c1cc(C(=O)N[C@@H]2CCCOc3ccc(F)cc32)n(C)c1. The van der Waals surface area contributed by atoms with Crippen molar-refractivity contribution in [2.45, 2.75) is 25.8 Å². The molecule has 1 aromatic carbocycles. The van der Waals surface area contributed by atoms with Crippen LogP contribution in [0.25, 0.3) is 0 Å². The van der Waals surface area contributed by atoms with Gasteiger partial charge in [0.15, 0.2) is 5.78 Å². The average molecular weight is 330 g/mol. The summed E-state index contributed by atoms with van der Waals surface area (Å²) in [5, 5.41) is 2.93. The van der Waals surface area contributed by atoms with Crippen molar-refractivity contribution >= 4 is 11.7 Å². The number of benzene rings is 1. The van der Waals surface area contributed by atoms with Gasteiger partial charge in [0.1, 0.15) is 17.3 Å². The molecule has 0 spiro atoms. The van der Waals surface area contributed by atoms with Crippen molar-refractivity contribution in [1.82, 2.24) is 9.88 Å². The van der Waals surface area contributed by atoms with Crippen LogP contribution < -0.4 is 10.1 Å². The van der Waals surface area contributed by atoms with E-state index in [1.807, 2.05) is 0 Å². The summed E-state index contributed by atoms with van der Waals surface area (Å²) in [5.41, 5.74) is 1.52. The monoisotopic (exact) mass is 330 g/mol. The van der Waals surface area contributed by atoms with Gasteiger partial charge in [0.25, 0.3) is 5.91 Å². The summed E-state index contributed by atoms with van der Waals surface area (Å²) in [4.78, 5) is 24.1. The molecule has 1 amide bonds. The van der Waals surface area contributed by atoms with E-state index in [2.05, 4.69) is 5.32 Å². The molecule has 0 fully saturated rings. The van der Waals surface area contributed by atoms with Crippen LogP contribution in [-0.4, -0.2) is 22.9 Å². The molecule has 1 aliphatic heterocycles. The van der Waals surface area contributed by atoms with Gasteiger partial charge >= 0.3 is 0 Å². The number of hydrogen-bond donors (Lipinski definition) is 1. The normalized spacial score (nSPS) is 16.7. The first-order chi connectivity index (χ1) is 11.5. The van der Waals surface area contributed by atoms with Gasteiger partial charge in [-0.3, -0.25) is 9.59 Å². The minimum atomic E-state index is -0.365. The van der Waals surface area contributed by atoms with Crippen LogP contribution in [0.4, 0.5) is 4.39 Å². The van der Waals surface area contributed by atoms with Crippen LogP contribution in [0.1, 0.15) is 52.2 Å². The molecule has 5 nitrogen and oxygen atoms in total. The Morgan fingerprint density at radius 1 is 1.33 bits per heavy atom. The van der Waals surface area contributed by atoms with Crippen LogP contribution in [0.5, 0.6) is 5.75 Å². The molecule has 2 heterocycles. The Morgan fingerprint density at radius 2 is 2.12 bits per heavy atom. The summed E-state index contributed by atoms with van der Waals surface area (Å²) in [5.74, 6) is -0.168. The number of amides is 1. The van der Waals surface area contributed by atoms with Gasteiger partial charge in [-0.15, -0.1) is 0 Å². The van der Waals surface area contributed by atoms with Crippen LogP contribution in [0.3, 0.4) is 0 Å². The number of Topliss-reactive ketones (excluding diaryl/α,β-unsaturated/α-hetero) is 1. The number of ketones is 1. The van der Waals surface area contributed by atoms with E-state index in [-0.39, 0.29) is 23.5 Å². The second-order valence-corrected chi connectivity index (χ2v) is 5.98. The number of carbonyl (C=O) groups is 2. The average Bonchev–Trinajstić information content (AvgIpc) is 2.83. The summed E-state index contributed by atoms with van der Waals surface area (Å²) >= 11 is 0. The lowest BCUT2D eigenvalue weighted by Gasteiger charge is -2.18.